The van der Waals surface area contributed by atoms with E-state index in [1.807, 2.05) is 25.1 Å². The van der Waals surface area contributed by atoms with Gasteiger partial charge >= 0.3 is 0 Å². The van der Waals surface area contributed by atoms with Crippen LogP contribution < -0.4 is 10.1 Å². The predicted molar refractivity (Wildman–Crippen MR) is 83.0 cm³/mol. The van der Waals surface area contributed by atoms with Gasteiger partial charge in [0.15, 0.2) is 0 Å². The lowest BCUT2D eigenvalue weighted by atomic mass is 10.2. The van der Waals surface area contributed by atoms with Crippen molar-refractivity contribution in [2.45, 2.75) is 33.4 Å². The van der Waals surface area contributed by atoms with Crippen LogP contribution in [0.1, 0.15) is 25.1 Å². The molecule has 0 amide bonds. The highest BCUT2D eigenvalue weighted by Crippen LogP contribution is 2.29. The number of hydrogen-bond acceptors (Lipinski definition) is 4. The monoisotopic (exact) mass is 335 g/mol. The highest BCUT2D eigenvalue weighted by molar-refractivity contribution is 9.10. The van der Waals surface area contributed by atoms with Gasteiger partial charge in [-0.2, -0.15) is 0 Å². The van der Waals surface area contributed by atoms with Crippen LogP contribution >= 0.6 is 15.9 Å². The van der Waals surface area contributed by atoms with Crippen LogP contribution in [-0.4, -0.2) is 16.0 Å². The standard InChI is InChI=1S/C15H18BrN3O/c1-10(2)17-7-12-8-19-15(9-18-12)20-14-5-4-11(3)6-13(14)16/h4-6,8-10,17H,7H2,1-3H3. The highest BCUT2D eigenvalue weighted by atomic mass is 79.9. The Bertz CT molecular complexity index is 570. The van der Waals surface area contributed by atoms with Crippen molar-refractivity contribution < 1.29 is 4.74 Å². The topological polar surface area (TPSA) is 47.0 Å². The largest absolute Gasteiger partial charge is 0.436 e. The van der Waals surface area contributed by atoms with Gasteiger partial charge in [-0.05, 0) is 40.5 Å². The second-order valence-electron chi connectivity index (χ2n) is 4.92. The van der Waals surface area contributed by atoms with Crippen molar-refractivity contribution in [3.8, 4) is 11.6 Å². The number of aromatic nitrogens is 2. The van der Waals surface area contributed by atoms with Gasteiger partial charge in [0.25, 0.3) is 0 Å². The molecule has 0 saturated heterocycles. The van der Waals surface area contributed by atoms with Gasteiger partial charge in [-0.15, -0.1) is 0 Å². The average molecular weight is 336 g/mol. The lowest BCUT2D eigenvalue weighted by Crippen LogP contribution is -2.22. The van der Waals surface area contributed by atoms with E-state index < -0.39 is 0 Å². The third-order valence-corrected chi connectivity index (χ3v) is 3.29. The molecule has 1 aromatic carbocycles. The zero-order valence-corrected chi connectivity index (χ0v) is 13.4. The molecule has 0 aliphatic carbocycles. The molecule has 0 saturated carbocycles. The molecule has 20 heavy (non-hydrogen) atoms. The third kappa shape index (κ3) is 4.28. The highest BCUT2D eigenvalue weighted by Gasteiger charge is 2.05. The summed E-state index contributed by atoms with van der Waals surface area (Å²) < 4.78 is 6.61. The Hall–Kier alpha value is -1.46. The summed E-state index contributed by atoms with van der Waals surface area (Å²) in [6.07, 6.45) is 3.37. The Morgan fingerprint density at radius 2 is 2.05 bits per heavy atom. The van der Waals surface area contributed by atoms with E-state index in [1.54, 1.807) is 12.4 Å². The van der Waals surface area contributed by atoms with Crippen LogP contribution in [0.2, 0.25) is 0 Å². The lowest BCUT2D eigenvalue weighted by molar-refractivity contribution is 0.455. The molecular weight excluding hydrogens is 318 g/mol. The summed E-state index contributed by atoms with van der Waals surface area (Å²) in [6, 6.07) is 6.34. The normalized spacial score (nSPS) is 10.8. The van der Waals surface area contributed by atoms with Gasteiger partial charge in [0.1, 0.15) is 5.75 Å². The van der Waals surface area contributed by atoms with Gasteiger partial charge in [0, 0.05) is 12.6 Å². The maximum Gasteiger partial charge on any atom is 0.237 e. The Morgan fingerprint density at radius 1 is 1.25 bits per heavy atom. The molecule has 0 atom stereocenters. The SMILES string of the molecule is Cc1ccc(Oc2cnc(CNC(C)C)cn2)c(Br)c1. The van der Waals surface area contributed by atoms with Crippen LogP contribution in [0.15, 0.2) is 35.1 Å². The molecule has 1 N–H and O–H groups in total. The van der Waals surface area contributed by atoms with Crippen molar-refractivity contribution in [3.63, 3.8) is 0 Å². The van der Waals surface area contributed by atoms with Gasteiger partial charge in [-0.25, -0.2) is 4.98 Å². The number of nitrogens with zero attached hydrogens (tertiary/aromatic N) is 2. The first-order valence-electron chi connectivity index (χ1n) is 6.53. The average Bonchev–Trinajstić information content (AvgIpc) is 2.41. The van der Waals surface area contributed by atoms with Crippen LogP contribution in [0.3, 0.4) is 0 Å². The molecule has 0 spiro atoms. The van der Waals surface area contributed by atoms with E-state index in [9.17, 15) is 0 Å². The van der Waals surface area contributed by atoms with Crippen LogP contribution in [-0.2, 0) is 6.54 Å². The summed E-state index contributed by atoms with van der Waals surface area (Å²) >= 11 is 3.48. The summed E-state index contributed by atoms with van der Waals surface area (Å²) in [7, 11) is 0. The number of ether oxygens (including phenoxy) is 1. The van der Waals surface area contributed by atoms with Gasteiger partial charge < -0.3 is 10.1 Å². The van der Waals surface area contributed by atoms with E-state index in [-0.39, 0.29) is 0 Å². The molecule has 0 radical (unpaired) electrons. The number of nitrogens with one attached hydrogen (secondary N) is 1. The van der Waals surface area contributed by atoms with E-state index in [4.69, 9.17) is 4.74 Å². The molecule has 1 aromatic heterocycles. The molecule has 106 valence electrons. The van der Waals surface area contributed by atoms with E-state index >= 15 is 0 Å². The first kappa shape index (κ1) is 14.9. The minimum atomic E-state index is 0.427. The van der Waals surface area contributed by atoms with E-state index in [2.05, 4.69) is 45.1 Å². The quantitative estimate of drug-likeness (QED) is 0.901. The Balaban J connectivity index is 2.03. The Morgan fingerprint density at radius 3 is 2.65 bits per heavy atom. The van der Waals surface area contributed by atoms with E-state index in [0.29, 0.717) is 18.5 Å². The number of halogens is 1. The fraction of sp³-hybridized carbons (Fsp3) is 0.333. The molecule has 1 heterocycles. The van der Waals surface area contributed by atoms with Crippen LogP contribution in [0.5, 0.6) is 11.6 Å². The molecule has 4 nitrogen and oxygen atoms in total. The molecule has 0 unspecified atom stereocenters. The van der Waals surface area contributed by atoms with Gasteiger partial charge in [0.05, 0.1) is 22.6 Å². The summed E-state index contributed by atoms with van der Waals surface area (Å²) in [5, 5.41) is 3.30. The number of aryl methyl sites for hydroxylation is 1. The smallest absolute Gasteiger partial charge is 0.237 e. The van der Waals surface area contributed by atoms with E-state index in [0.717, 1.165) is 15.9 Å². The van der Waals surface area contributed by atoms with E-state index in [1.165, 1.54) is 5.56 Å². The fourth-order valence-corrected chi connectivity index (χ4v) is 2.17. The summed E-state index contributed by atoms with van der Waals surface area (Å²) in [6.45, 7) is 6.93. The number of benzene rings is 1. The van der Waals surface area contributed by atoms with Gasteiger partial charge in [0.2, 0.25) is 5.88 Å². The summed E-state index contributed by atoms with van der Waals surface area (Å²) in [5.41, 5.74) is 2.07. The Kier molecular flexibility index (Phi) is 5.09. The van der Waals surface area contributed by atoms with Crippen molar-refractivity contribution in [2.24, 2.45) is 0 Å². The van der Waals surface area contributed by atoms with Crippen LogP contribution in [0.25, 0.3) is 0 Å². The second-order valence-corrected chi connectivity index (χ2v) is 5.77. The van der Waals surface area contributed by atoms with Crippen molar-refractivity contribution in [1.29, 1.82) is 0 Å². The molecule has 2 aromatic rings. The van der Waals surface area contributed by atoms with Crippen LogP contribution in [0.4, 0.5) is 0 Å². The molecule has 0 aliphatic heterocycles. The minimum absolute atomic E-state index is 0.427. The Labute approximate surface area is 127 Å². The lowest BCUT2D eigenvalue weighted by Gasteiger charge is -2.09. The fourth-order valence-electron chi connectivity index (χ4n) is 1.60. The molecule has 0 bridgehead atoms. The zero-order chi connectivity index (χ0) is 14.5. The molecule has 5 heteroatoms. The zero-order valence-electron chi connectivity index (χ0n) is 11.9. The first-order chi connectivity index (χ1) is 9.54. The van der Waals surface area contributed by atoms with Crippen LogP contribution in [0, 0.1) is 6.92 Å². The molecular formula is C15H18BrN3O. The maximum atomic E-state index is 5.70. The summed E-state index contributed by atoms with van der Waals surface area (Å²) in [4.78, 5) is 8.60. The number of hydrogen-bond donors (Lipinski definition) is 1. The molecule has 2 rings (SSSR count). The van der Waals surface area contributed by atoms with Crippen molar-refractivity contribution in [3.05, 3.63) is 46.3 Å². The maximum absolute atomic E-state index is 5.70. The van der Waals surface area contributed by atoms with Crippen molar-refractivity contribution >= 4 is 15.9 Å². The van der Waals surface area contributed by atoms with Crippen molar-refractivity contribution in [1.82, 2.24) is 15.3 Å². The minimum Gasteiger partial charge on any atom is -0.436 e. The second kappa shape index (κ2) is 6.81. The van der Waals surface area contributed by atoms with Crippen molar-refractivity contribution in [2.75, 3.05) is 0 Å². The predicted octanol–water partition coefficient (Wildman–Crippen LogP) is 3.84. The third-order valence-electron chi connectivity index (χ3n) is 2.67. The molecule has 0 fully saturated rings. The molecule has 0 aliphatic rings. The first-order valence-corrected chi connectivity index (χ1v) is 7.32. The van der Waals surface area contributed by atoms with Gasteiger partial charge in [-0.3, -0.25) is 4.98 Å². The number of rotatable bonds is 5. The summed E-state index contributed by atoms with van der Waals surface area (Å²) in [5.74, 6) is 1.22. The van der Waals surface area contributed by atoms with Gasteiger partial charge in [-0.1, -0.05) is 19.9 Å².